The minimum atomic E-state index is -0.455. The Morgan fingerprint density at radius 2 is 1.85 bits per heavy atom. The highest BCUT2D eigenvalue weighted by molar-refractivity contribution is 8.00. The maximum atomic E-state index is 12.0. The van der Waals surface area contributed by atoms with Gasteiger partial charge in [-0.2, -0.15) is 0 Å². The SMILES string of the molecule is CCC(C)C(N)C(=O)Nc1ccc(SC(C)(C)C)cc1. The van der Waals surface area contributed by atoms with Crippen molar-refractivity contribution in [1.82, 2.24) is 0 Å². The van der Waals surface area contributed by atoms with Gasteiger partial charge >= 0.3 is 0 Å². The van der Waals surface area contributed by atoms with Crippen LogP contribution >= 0.6 is 11.8 Å². The van der Waals surface area contributed by atoms with Gasteiger partial charge in [-0.1, -0.05) is 41.0 Å². The molecule has 1 amide bonds. The van der Waals surface area contributed by atoms with Gasteiger partial charge in [-0.3, -0.25) is 4.79 Å². The third kappa shape index (κ3) is 5.55. The third-order valence-corrected chi connectivity index (χ3v) is 4.23. The summed E-state index contributed by atoms with van der Waals surface area (Å²) >= 11 is 1.81. The lowest BCUT2D eigenvalue weighted by Gasteiger charge is -2.19. The van der Waals surface area contributed by atoms with E-state index in [0.29, 0.717) is 0 Å². The topological polar surface area (TPSA) is 55.1 Å². The van der Waals surface area contributed by atoms with Crippen molar-refractivity contribution < 1.29 is 4.79 Å². The molecule has 0 saturated heterocycles. The van der Waals surface area contributed by atoms with Gasteiger partial charge in [-0.15, -0.1) is 11.8 Å². The predicted molar refractivity (Wildman–Crippen MR) is 88.1 cm³/mol. The van der Waals surface area contributed by atoms with E-state index in [1.807, 2.05) is 38.1 Å². The molecule has 0 aliphatic carbocycles. The second-order valence-electron chi connectivity index (χ2n) is 6.14. The fraction of sp³-hybridized carbons (Fsp3) is 0.562. The molecular formula is C16H26N2OS. The van der Waals surface area contributed by atoms with Gasteiger partial charge in [0.05, 0.1) is 6.04 Å². The van der Waals surface area contributed by atoms with Crippen molar-refractivity contribution in [3.63, 3.8) is 0 Å². The number of hydrogen-bond acceptors (Lipinski definition) is 3. The second kappa shape index (κ2) is 7.14. The Balaban J connectivity index is 2.64. The lowest BCUT2D eigenvalue weighted by Crippen LogP contribution is -2.40. The summed E-state index contributed by atoms with van der Waals surface area (Å²) in [6.45, 7) is 10.6. The van der Waals surface area contributed by atoms with Crippen LogP contribution in [0, 0.1) is 5.92 Å². The molecule has 4 heteroatoms. The molecule has 0 radical (unpaired) electrons. The zero-order chi connectivity index (χ0) is 15.3. The van der Waals surface area contributed by atoms with Gasteiger partial charge in [-0.05, 0) is 30.2 Å². The van der Waals surface area contributed by atoms with E-state index in [1.165, 1.54) is 4.90 Å². The summed E-state index contributed by atoms with van der Waals surface area (Å²) in [6, 6.07) is 7.45. The maximum absolute atomic E-state index is 12.0. The van der Waals surface area contributed by atoms with Gasteiger partial charge in [-0.25, -0.2) is 0 Å². The Hall–Kier alpha value is -1.00. The Morgan fingerprint density at radius 1 is 1.30 bits per heavy atom. The molecule has 1 aromatic rings. The fourth-order valence-electron chi connectivity index (χ4n) is 1.70. The van der Waals surface area contributed by atoms with Crippen molar-refractivity contribution in [3.05, 3.63) is 24.3 Å². The molecule has 0 heterocycles. The van der Waals surface area contributed by atoms with Crippen LogP contribution in [0.25, 0.3) is 0 Å². The van der Waals surface area contributed by atoms with Crippen LogP contribution in [-0.2, 0) is 4.79 Å². The molecule has 0 bridgehead atoms. The van der Waals surface area contributed by atoms with Crippen LogP contribution in [0.3, 0.4) is 0 Å². The normalized spacial score (nSPS) is 14.7. The first kappa shape index (κ1) is 17.1. The van der Waals surface area contributed by atoms with Crippen LogP contribution in [0.15, 0.2) is 29.2 Å². The van der Waals surface area contributed by atoms with Crippen LogP contribution in [0.2, 0.25) is 0 Å². The Morgan fingerprint density at radius 3 is 2.30 bits per heavy atom. The number of hydrogen-bond donors (Lipinski definition) is 2. The van der Waals surface area contributed by atoms with E-state index >= 15 is 0 Å². The van der Waals surface area contributed by atoms with Crippen molar-refractivity contribution in [1.29, 1.82) is 0 Å². The number of nitrogens with one attached hydrogen (secondary N) is 1. The number of thioether (sulfide) groups is 1. The molecule has 0 saturated carbocycles. The fourth-order valence-corrected chi connectivity index (χ4v) is 2.68. The molecule has 20 heavy (non-hydrogen) atoms. The Bertz CT molecular complexity index is 437. The molecule has 2 unspecified atom stereocenters. The van der Waals surface area contributed by atoms with Crippen LogP contribution < -0.4 is 11.1 Å². The summed E-state index contributed by atoms with van der Waals surface area (Å²) in [5.41, 5.74) is 6.71. The number of amides is 1. The molecule has 0 spiro atoms. The number of rotatable bonds is 5. The van der Waals surface area contributed by atoms with Gasteiger partial charge in [0.25, 0.3) is 0 Å². The van der Waals surface area contributed by atoms with Gasteiger partial charge in [0.1, 0.15) is 0 Å². The van der Waals surface area contributed by atoms with E-state index in [9.17, 15) is 4.79 Å². The van der Waals surface area contributed by atoms with Gasteiger partial charge in [0.15, 0.2) is 0 Å². The van der Waals surface area contributed by atoms with E-state index < -0.39 is 6.04 Å². The summed E-state index contributed by atoms with van der Waals surface area (Å²) < 4.78 is 0.184. The third-order valence-electron chi connectivity index (χ3n) is 3.11. The number of carbonyl (C=O) groups excluding carboxylic acids is 1. The van der Waals surface area contributed by atoms with Gasteiger partial charge in [0.2, 0.25) is 5.91 Å². The van der Waals surface area contributed by atoms with Crippen molar-refractivity contribution >= 4 is 23.4 Å². The lowest BCUT2D eigenvalue weighted by atomic mass is 9.99. The van der Waals surface area contributed by atoms with Crippen LogP contribution in [-0.4, -0.2) is 16.7 Å². The first-order chi connectivity index (χ1) is 9.23. The number of anilines is 1. The smallest absolute Gasteiger partial charge is 0.241 e. The highest BCUT2D eigenvalue weighted by Crippen LogP contribution is 2.32. The van der Waals surface area contributed by atoms with Crippen molar-refractivity contribution in [3.8, 4) is 0 Å². The van der Waals surface area contributed by atoms with Gasteiger partial charge in [0, 0.05) is 15.3 Å². The number of nitrogens with two attached hydrogens (primary N) is 1. The largest absolute Gasteiger partial charge is 0.325 e. The zero-order valence-electron chi connectivity index (χ0n) is 13.1. The zero-order valence-corrected chi connectivity index (χ0v) is 13.9. The Kier molecular flexibility index (Phi) is 6.08. The minimum absolute atomic E-state index is 0.115. The molecule has 0 aliphatic rings. The quantitative estimate of drug-likeness (QED) is 0.810. The van der Waals surface area contributed by atoms with E-state index in [2.05, 4.69) is 26.1 Å². The number of benzene rings is 1. The first-order valence-corrected chi connectivity index (χ1v) is 7.90. The van der Waals surface area contributed by atoms with Crippen LogP contribution in [0.4, 0.5) is 5.69 Å². The molecule has 3 N–H and O–H groups in total. The van der Waals surface area contributed by atoms with E-state index in [1.54, 1.807) is 11.8 Å². The average molecular weight is 294 g/mol. The summed E-state index contributed by atoms with van der Waals surface area (Å²) in [5.74, 6) is 0.0706. The van der Waals surface area contributed by atoms with Crippen LogP contribution in [0.1, 0.15) is 41.0 Å². The highest BCUT2D eigenvalue weighted by atomic mass is 32.2. The van der Waals surface area contributed by atoms with E-state index in [-0.39, 0.29) is 16.6 Å². The number of carbonyl (C=O) groups is 1. The summed E-state index contributed by atoms with van der Waals surface area (Å²) in [5, 5.41) is 2.87. The monoisotopic (exact) mass is 294 g/mol. The molecule has 112 valence electrons. The maximum Gasteiger partial charge on any atom is 0.241 e. The predicted octanol–water partition coefficient (Wildman–Crippen LogP) is 3.89. The first-order valence-electron chi connectivity index (χ1n) is 7.08. The van der Waals surface area contributed by atoms with E-state index in [0.717, 1.165) is 12.1 Å². The molecule has 0 aliphatic heterocycles. The Labute approximate surface area is 126 Å². The van der Waals surface area contributed by atoms with Gasteiger partial charge < -0.3 is 11.1 Å². The molecule has 2 atom stereocenters. The molecule has 1 aromatic carbocycles. The lowest BCUT2D eigenvalue weighted by molar-refractivity contribution is -0.118. The minimum Gasteiger partial charge on any atom is -0.325 e. The summed E-state index contributed by atoms with van der Waals surface area (Å²) in [6.07, 6.45) is 0.899. The molecule has 0 fully saturated rings. The molecule has 0 aromatic heterocycles. The average Bonchev–Trinajstić information content (AvgIpc) is 2.37. The molecular weight excluding hydrogens is 268 g/mol. The van der Waals surface area contributed by atoms with Crippen molar-refractivity contribution in [2.75, 3.05) is 5.32 Å². The molecule has 1 rings (SSSR count). The van der Waals surface area contributed by atoms with E-state index in [4.69, 9.17) is 5.73 Å². The van der Waals surface area contributed by atoms with Crippen molar-refractivity contribution in [2.24, 2.45) is 11.7 Å². The second-order valence-corrected chi connectivity index (χ2v) is 8.04. The standard InChI is InChI=1S/C16H26N2OS/c1-6-11(2)14(17)15(19)18-12-7-9-13(10-8-12)20-16(3,4)5/h7-11,14H,6,17H2,1-5H3,(H,18,19). The highest BCUT2D eigenvalue weighted by Gasteiger charge is 2.19. The summed E-state index contributed by atoms with van der Waals surface area (Å²) in [7, 11) is 0. The van der Waals surface area contributed by atoms with Crippen LogP contribution in [0.5, 0.6) is 0 Å². The van der Waals surface area contributed by atoms with Crippen molar-refractivity contribution in [2.45, 2.75) is 56.7 Å². The summed E-state index contributed by atoms with van der Waals surface area (Å²) in [4.78, 5) is 13.2. The molecule has 3 nitrogen and oxygen atoms in total.